The van der Waals surface area contributed by atoms with E-state index in [4.69, 9.17) is 4.74 Å². The number of carbonyl (C=O) groups is 1. The first-order chi connectivity index (χ1) is 8.65. The SMILES string of the molecule is CN(CC1(C=O)CCOCC1)c1ccc(F)cc1. The zero-order valence-electron chi connectivity index (χ0n) is 10.6. The number of benzene rings is 1. The van der Waals surface area contributed by atoms with Crippen molar-refractivity contribution >= 4 is 12.0 Å². The van der Waals surface area contributed by atoms with Crippen molar-refractivity contribution in [2.45, 2.75) is 12.8 Å². The Balaban J connectivity index is 2.07. The molecule has 0 amide bonds. The van der Waals surface area contributed by atoms with Gasteiger partial charge in [-0.05, 0) is 37.1 Å². The molecule has 1 saturated heterocycles. The maximum atomic E-state index is 12.9. The van der Waals surface area contributed by atoms with E-state index in [0.29, 0.717) is 19.8 Å². The molecule has 1 aromatic rings. The minimum atomic E-state index is -0.332. The number of nitrogens with zero attached hydrogens (tertiary/aromatic N) is 1. The van der Waals surface area contributed by atoms with Crippen molar-refractivity contribution in [3.63, 3.8) is 0 Å². The van der Waals surface area contributed by atoms with Crippen molar-refractivity contribution in [1.82, 2.24) is 0 Å². The summed E-state index contributed by atoms with van der Waals surface area (Å²) >= 11 is 0. The summed E-state index contributed by atoms with van der Waals surface area (Å²) in [6.45, 7) is 1.91. The molecule has 1 heterocycles. The summed E-state index contributed by atoms with van der Waals surface area (Å²) in [5.74, 6) is -0.247. The highest BCUT2D eigenvalue weighted by Crippen LogP contribution is 2.30. The lowest BCUT2D eigenvalue weighted by atomic mass is 9.81. The highest BCUT2D eigenvalue weighted by Gasteiger charge is 2.33. The first kappa shape index (κ1) is 13.0. The Kier molecular flexibility index (Phi) is 3.97. The molecule has 3 nitrogen and oxygen atoms in total. The lowest BCUT2D eigenvalue weighted by molar-refractivity contribution is -0.120. The summed E-state index contributed by atoms with van der Waals surface area (Å²) in [4.78, 5) is 13.4. The van der Waals surface area contributed by atoms with Gasteiger partial charge in [-0.25, -0.2) is 4.39 Å². The average molecular weight is 251 g/mol. The minimum absolute atomic E-state index is 0.247. The first-order valence-corrected chi connectivity index (χ1v) is 6.16. The summed E-state index contributed by atoms with van der Waals surface area (Å²) < 4.78 is 18.2. The maximum absolute atomic E-state index is 12.9. The van der Waals surface area contributed by atoms with Crippen molar-refractivity contribution < 1.29 is 13.9 Å². The summed E-state index contributed by atoms with van der Waals surface area (Å²) in [6.07, 6.45) is 2.56. The van der Waals surface area contributed by atoms with E-state index in [1.807, 2.05) is 11.9 Å². The monoisotopic (exact) mass is 251 g/mol. The van der Waals surface area contributed by atoms with Crippen molar-refractivity contribution in [3.05, 3.63) is 30.1 Å². The summed E-state index contributed by atoms with van der Waals surface area (Å²) in [7, 11) is 1.92. The largest absolute Gasteiger partial charge is 0.381 e. The van der Waals surface area contributed by atoms with Gasteiger partial charge in [-0.2, -0.15) is 0 Å². The Labute approximate surface area is 107 Å². The van der Waals surface area contributed by atoms with Crippen LogP contribution in [0.25, 0.3) is 0 Å². The molecule has 4 heteroatoms. The second-order valence-electron chi connectivity index (χ2n) is 4.93. The molecule has 0 atom stereocenters. The van der Waals surface area contributed by atoms with Crippen molar-refractivity contribution in [2.24, 2.45) is 5.41 Å². The summed E-state index contributed by atoms with van der Waals surface area (Å²) in [6, 6.07) is 6.33. The standard InChI is InChI=1S/C14H18FNO2/c1-16(13-4-2-12(15)3-5-13)10-14(11-17)6-8-18-9-7-14/h2-5,11H,6-10H2,1H3. The zero-order chi connectivity index (χ0) is 13.0. The molecule has 18 heavy (non-hydrogen) atoms. The van der Waals surface area contributed by atoms with Gasteiger partial charge in [0.1, 0.15) is 12.1 Å². The lowest BCUT2D eigenvalue weighted by Gasteiger charge is -2.36. The van der Waals surface area contributed by atoms with Gasteiger partial charge in [-0.15, -0.1) is 0 Å². The molecule has 2 rings (SSSR count). The van der Waals surface area contributed by atoms with Crippen molar-refractivity contribution in [1.29, 1.82) is 0 Å². The number of anilines is 1. The number of hydrogen-bond acceptors (Lipinski definition) is 3. The normalized spacial score (nSPS) is 18.3. The third kappa shape index (κ3) is 2.88. The molecule has 0 saturated carbocycles. The van der Waals surface area contributed by atoms with Crippen molar-refractivity contribution in [2.75, 3.05) is 31.7 Å². The number of hydrogen-bond donors (Lipinski definition) is 0. The fourth-order valence-corrected chi connectivity index (χ4v) is 2.35. The first-order valence-electron chi connectivity index (χ1n) is 6.16. The summed E-state index contributed by atoms with van der Waals surface area (Å²) in [5, 5.41) is 0. The van der Waals surface area contributed by atoms with Gasteiger partial charge in [-0.3, -0.25) is 0 Å². The van der Waals surface area contributed by atoms with E-state index >= 15 is 0 Å². The van der Waals surface area contributed by atoms with Gasteiger partial charge < -0.3 is 14.4 Å². The number of rotatable bonds is 4. The Hall–Kier alpha value is -1.42. The molecule has 1 aliphatic rings. The third-order valence-electron chi connectivity index (χ3n) is 3.56. The van der Waals surface area contributed by atoms with Gasteiger partial charge in [0.2, 0.25) is 0 Å². The van der Waals surface area contributed by atoms with Crippen LogP contribution >= 0.6 is 0 Å². The van der Waals surface area contributed by atoms with E-state index in [9.17, 15) is 9.18 Å². The highest BCUT2D eigenvalue weighted by atomic mass is 19.1. The van der Waals surface area contributed by atoms with E-state index in [0.717, 1.165) is 24.8 Å². The molecule has 1 fully saturated rings. The molecule has 0 spiro atoms. The quantitative estimate of drug-likeness (QED) is 0.769. The maximum Gasteiger partial charge on any atom is 0.128 e. The van der Waals surface area contributed by atoms with Gasteiger partial charge in [0.05, 0.1) is 0 Å². The molecule has 0 aromatic heterocycles. The number of ether oxygens (including phenoxy) is 1. The van der Waals surface area contributed by atoms with Crippen LogP contribution in [0.5, 0.6) is 0 Å². The minimum Gasteiger partial charge on any atom is -0.381 e. The Bertz CT molecular complexity index is 399. The zero-order valence-corrected chi connectivity index (χ0v) is 10.6. The van der Waals surface area contributed by atoms with Crippen LogP contribution in [0.2, 0.25) is 0 Å². The molecular formula is C14H18FNO2. The number of aldehydes is 1. The van der Waals surface area contributed by atoms with E-state index in [1.54, 1.807) is 12.1 Å². The molecular weight excluding hydrogens is 233 g/mol. The second kappa shape index (κ2) is 5.48. The molecule has 0 aliphatic carbocycles. The van der Waals surface area contributed by atoms with E-state index in [1.165, 1.54) is 12.1 Å². The molecule has 0 bridgehead atoms. The molecule has 98 valence electrons. The van der Waals surface area contributed by atoms with Crippen LogP contribution in [-0.4, -0.2) is 33.1 Å². The van der Waals surface area contributed by atoms with Crippen LogP contribution in [0.1, 0.15) is 12.8 Å². The molecule has 0 N–H and O–H groups in total. The Morgan fingerprint density at radius 2 is 1.94 bits per heavy atom. The highest BCUT2D eigenvalue weighted by molar-refractivity contribution is 5.62. The van der Waals surface area contributed by atoms with E-state index in [-0.39, 0.29) is 11.2 Å². The van der Waals surface area contributed by atoms with Gasteiger partial charge in [0.15, 0.2) is 0 Å². The van der Waals surface area contributed by atoms with Crippen LogP contribution < -0.4 is 4.90 Å². The molecule has 1 aromatic carbocycles. The Morgan fingerprint density at radius 3 is 2.50 bits per heavy atom. The predicted molar refractivity (Wildman–Crippen MR) is 68.2 cm³/mol. The topological polar surface area (TPSA) is 29.5 Å². The van der Waals surface area contributed by atoms with Crippen LogP contribution in [0.15, 0.2) is 24.3 Å². The van der Waals surface area contributed by atoms with Gasteiger partial charge >= 0.3 is 0 Å². The second-order valence-corrected chi connectivity index (χ2v) is 4.93. The predicted octanol–water partition coefficient (Wildman–Crippen LogP) is 2.26. The number of carbonyl (C=O) groups excluding carboxylic acids is 1. The molecule has 0 unspecified atom stereocenters. The molecule has 0 radical (unpaired) electrons. The van der Waals surface area contributed by atoms with Crippen LogP contribution in [0.4, 0.5) is 10.1 Å². The van der Waals surface area contributed by atoms with Gasteiger partial charge in [-0.1, -0.05) is 0 Å². The Morgan fingerprint density at radius 1 is 1.33 bits per heavy atom. The molecule has 1 aliphatic heterocycles. The fourth-order valence-electron chi connectivity index (χ4n) is 2.35. The number of halogens is 1. The van der Waals surface area contributed by atoms with Gasteiger partial charge in [0.25, 0.3) is 0 Å². The third-order valence-corrected chi connectivity index (χ3v) is 3.56. The van der Waals surface area contributed by atoms with Crippen molar-refractivity contribution in [3.8, 4) is 0 Å². The van der Waals surface area contributed by atoms with Crippen LogP contribution in [0.3, 0.4) is 0 Å². The smallest absolute Gasteiger partial charge is 0.128 e. The summed E-state index contributed by atoms with van der Waals surface area (Å²) in [5.41, 5.74) is 0.589. The van der Waals surface area contributed by atoms with Gasteiger partial charge in [0, 0.05) is 37.9 Å². The fraction of sp³-hybridized carbons (Fsp3) is 0.500. The average Bonchev–Trinajstić information content (AvgIpc) is 2.40. The van der Waals surface area contributed by atoms with E-state index < -0.39 is 0 Å². The van der Waals surface area contributed by atoms with Crippen LogP contribution in [0, 0.1) is 11.2 Å². The van der Waals surface area contributed by atoms with E-state index in [2.05, 4.69) is 0 Å². The lowest BCUT2D eigenvalue weighted by Crippen LogP contribution is -2.41. The van der Waals surface area contributed by atoms with Crippen LogP contribution in [-0.2, 0) is 9.53 Å².